The summed E-state index contributed by atoms with van der Waals surface area (Å²) in [5.74, 6) is 0. The second-order valence-electron chi connectivity index (χ2n) is 15.2. The van der Waals surface area contributed by atoms with Crippen molar-refractivity contribution in [2.24, 2.45) is 0 Å². The van der Waals surface area contributed by atoms with Crippen molar-refractivity contribution in [1.29, 1.82) is 0 Å². The zero-order valence-corrected chi connectivity index (χ0v) is 32.6. The van der Waals surface area contributed by atoms with Crippen molar-refractivity contribution >= 4 is 0 Å². The van der Waals surface area contributed by atoms with Crippen molar-refractivity contribution in [2.75, 3.05) is 0 Å². The third-order valence-electron chi connectivity index (χ3n) is 10.8. The lowest BCUT2D eigenvalue weighted by Crippen LogP contribution is -2.07. The Bertz CT molecular complexity index is 682. The number of rotatable bonds is 36. The first kappa shape index (κ1) is 43.2. The molecule has 1 rings (SSSR count). The lowest BCUT2D eigenvalue weighted by atomic mass is 9.85. The zero-order chi connectivity index (χ0) is 33.2. The van der Waals surface area contributed by atoms with Gasteiger partial charge in [0.2, 0.25) is 0 Å². The average Bonchev–Trinajstić information content (AvgIpc) is 3.07. The molecule has 0 fully saturated rings. The molecule has 0 spiro atoms. The van der Waals surface area contributed by atoms with Crippen LogP contribution in [0, 0.1) is 0 Å². The van der Waals surface area contributed by atoms with E-state index < -0.39 is 0 Å². The van der Waals surface area contributed by atoms with Gasteiger partial charge in [-0.05, 0) is 73.6 Å². The molecular weight excluding hydrogens is 553 g/mol. The summed E-state index contributed by atoms with van der Waals surface area (Å²) < 4.78 is 0. The fraction of sp³-hybridized carbons (Fsp3) is 0.870. The molecule has 0 amide bonds. The minimum atomic E-state index is 1.32. The van der Waals surface area contributed by atoms with Crippen molar-refractivity contribution in [2.45, 2.75) is 259 Å². The normalized spacial score (nSPS) is 11.6. The van der Waals surface area contributed by atoms with E-state index in [1.54, 1.807) is 11.1 Å². The van der Waals surface area contributed by atoms with E-state index in [2.05, 4.69) is 39.8 Å². The Morgan fingerprint density at radius 2 is 0.435 bits per heavy atom. The van der Waals surface area contributed by atoms with Gasteiger partial charge in [0.25, 0.3) is 0 Å². The summed E-state index contributed by atoms with van der Waals surface area (Å²) in [5.41, 5.74) is 7.13. The Balaban J connectivity index is 2.86. The summed E-state index contributed by atoms with van der Waals surface area (Å²) in [6.07, 6.45) is 51.0. The quantitative estimate of drug-likeness (QED) is 0.0642. The topological polar surface area (TPSA) is 0 Å². The lowest BCUT2D eigenvalue weighted by Gasteiger charge is -2.20. The molecule has 0 N–H and O–H groups in total. The maximum Gasteiger partial charge on any atom is -0.0273 e. The Morgan fingerprint density at radius 1 is 0.239 bits per heavy atom. The van der Waals surface area contributed by atoms with Gasteiger partial charge in [0.15, 0.2) is 0 Å². The van der Waals surface area contributed by atoms with Crippen LogP contribution in [0.25, 0.3) is 0 Å². The van der Waals surface area contributed by atoms with Gasteiger partial charge < -0.3 is 0 Å². The SMILES string of the molecule is CCCCCCCCCCc1ccc(CCCCCCCCCC)c(CCCCCCCCCC)c1CCCCCCCCCC. The molecule has 0 aromatic heterocycles. The Kier molecular flexibility index (Phi) is 32.1. The number of hydrogen-bond donors (Lipinski definition) is 0. The van der Waals surface area contributed by atoms with Crippen molar-refractivity contribution in [1.82, 2.24) is 0 Å². The van der Waals surface area contributed by atoms with E-state index in [-0.39, 0.29) is 0 Å². The first-order valence-electron chi connectivity index (χ1n) is 21.9. The molecule has 0 radical (unpaired) electrons. The second-order valence-corrected chi connectivity index (χ2v) is 15.2. The van der Waals surface area contributed by atoms with Crippen molar-refractivity contribution in [3.63, 3.8) is 0 Å². The van der Waals surface area contributed by atoms with Crippen LogP contribution in [-0.4, -0.2) is 0 Å². The van der Waals surface area contributed by atoms with Crippen LogP contribution in [0.1, 0.15) is 255 Å². The highest BCUT2D eigenvalue weighted by atomic mass is 14.2. The summed E-state index contributed by atoms with van der Waals surface area (Å²) in [7, 11) is 0. The highest BCUT2D eigenvalue weighted by Gasteiger charge is 2.14. The molecule has 0 heterocycles. The van der Waals surface area contributed by atoms with E-state index >= 15 is 0 Å². The van der Waals surface area contributed by atoms with Crippen LogP contribution in [-0.2, 0) is 25.7 Å². The fourth-order valence-corrected chi connectivity index (χ4v) is 7.65. The monoisotopic (exact) mass is 639 g/mol. The lowest BCUT2D eigenvalue weighted by molar-refractivity contribution is 0.564. The summed E-state index contributed by atoms with van der Waals surface area (Å²) >= 11 is 0. The summed E-state index contributed by atoms with van der Waals surface area (Å²) in [6, 6.07) is 5.22. The van der Waals surface area contributed by atoms with Gasteiger partial charge in [-0.25, -0.2) is 0 Å². The largest absolute Gasteiger partial charge is 0.0654 e. The predicted octanol–water partition coefficient (Wildman–Crippen LogP) is 16.4. The van der Waals surface area contributed by atoms with Crippen LogP contribution < -0.4 is 0 Å². The molecule has 0 saturated heterocycles. The first-order valence-corrected chi connectivity index (χ1v) is 21.9. The molecular formula is C46H86. The Morgan fingerprint density at radius 3 is 0.674 bits per heavy atom. The third kappa shape index (κ3) is 24.4. The second kappa shape index (κ2) is 34.1. The molecule has 0 aliphatic heterocycles. The molecule has 0 aliphatic carbocycles. The standard InChI is InChI=1S/C46H86/c1-5-9-13-17-21-25-29-33-37-43-41-42-44(38-34-30-26-22-18-14-10-6-2)46(40-36-32-28-24-20-16-12-8-4)45(43)39-35-31-27-23-19-15-11-7-3/h41-42H,5-40H2,1-4H3. The summed E-state index contributed by atoms with van der Waals surface area (Å²) in [5, 5.41) is 0. The van der Waals surface area contributed by atoms with E-state index in [0.29, 0.717) is 0 Å². The van der Waals surface area contributed by atoms with Crippen LogP contribution >= 0.6 is 0 Å². The van der Waals surface area contributed by atoms with E-state index in [4.69, 9.17) is 0 Å². The highest BCUT2D eigenvalue weighted by molar-refractivity contribution is 5.42. The number of hydrogen-bond acceptors (Lipinski definition) is 0. The van der Waals surface area contributed by atoms with Crippen LogP contribution in [0.15, 0.2) is 12.1 Å². The third-order valence-corrected chi connectivity index (χ3v) is 10.8. The van der Waals surface area contributed by atoms with Crippen LogP contribution in [0.4, 0.5) is 0 Å². The van der Waals surface area contributed by atoms with Crippen molar-refractivity contribution in [3.8, 4) is 0 Å². The number of aryl methyl sites for hydroxylation is 2. The molecule has 0 saturated carbocycles. The number of benzene rings is 1. The van der Waals surface area contributed by atoms with Gasteiger partial charge in [-0.2, -0.15) is 0 Å². The molecule has 46 heavy (non-hydrogen) atoms. The van der Waals surface area contributed by atoms with E-state index in [9.17, 15) is 0 Å². The van der Waals surface area contributed by atoms with Gasteiger partial charge in [0, 0.05) is 0 Å². The molecule has 0 aliphatic rings. The van der Waals surface area contributed by atoms with Gasteiger partial charge in [0.1, 0.15) is 0 Å². The van der Waals surface area contributed by atoms with E-state index in [1.807, 2.05) is 11.1 Å². The zero-order valence-electron chi connectivity index (χ0n) is 32.6. The molecule has 270 valence electrons. The average molecular weight is 639 g/mol. The maximum atomic E-state index is 2.61. The highest BCUT2D eigenvalue weighted by Crippen LogP contribution is 2.28. The fourth-order valence-electron chi connectivity index (χ4n) is 7.65. The Hall–Kier alpha value is -0.780. The maximum absolute atomic E-state index is 2.61. The minimum absolute atomic E-state index is 1.32. The molecule has 0 atom stereocenters. The van der Waals surface area contributed by atoms with Gasteiger partial charge in [-0.3, -0.25) is 0 Å². The van der Waals surface area contributed by atoms with E-state index in [1.165, 1.54) is 231 Å². The summed E-state index contributed by atoms with van der Waals surface area (Å²) in [6.45, 7) is 9.32. The Labute approximate surface area is 292 Å². The number of unbranched alkanes of at least 4 members (excludes halogenated alkanes) is 28. The van der Waals surface area contributed by atoms with Crippen LogP contribution in [0.5, 0.6) is 0 Å². The van der Waals surface area contributed by atoms with Gasteiger partial charge in [0.05, 0.1) is 0 Å². The summed E-state index contributed by atoms with van der Waals surface area (Å²) in [4.78, 5) is 0. The first-order chi connectivity index (χ1) is 22.8. The molecule has 1 aromatic rings. The van der Waals surface area contributed by atoms with Gasteiger partial charge in [-0.1, -0.05) is 220 Å². The van der Waals surface area contributed by atoms with Crippen molar-refractivity contribution < 1.29 is 0 Å². The molecule has 1 aromatic carbocycles. The predicted molar refractivity (Wildman–Crippen MR) is 212 cm³/mol. The minimum Gasteiger partial charge on any atom is -0.0654 e. The molecule has 0 unspecified atom stereocenters. The molecule has 0 bridgehead atoms. The smallest absolute Gasteiger partial charge is 0.0273 e. The van der Waals surface area contributed by atoms with Crippen LogP contribution in [0.2, 0.25) is 0 Å². The van der Waals surface area contributed by atoms with Crippen LogP contribution in [0.3, 0.4) is 0 Å². The van der Waals surface area contributed by atoms with Gasteiger partial charge >= 0.3 is 0 Å². The van der Waals surface area contributed by atoms with Crippen molar-refractivity contribution in [3.05, 3.63) is 34.4 Å². The molecule has 0 nitrogen and oxygen atoms in total. The molecule has 0 heteroatoms. The van der Waals surface area contributed by atoms with Gasteiger partial charge in [-0.15, -0.1) is 0 Å². The van der Waals surface area contributed by atoms with E-state index in [0.717, 1.165) is 0 Å².